The van der Waals surface area contributed by atoms with Crippen LogP contribution >= 0.6 is 0 Å². The molecule has 0 bridgehead atoms. The summed E-state index contributed by atoms with van der Waals surface area (Å²) in [6.07, 6.45) is 0. The van der Waals surface area contributed by atoms with E-state index in [9.17, 15) is 5.26 Å². The first-order valence-electron chi connectivity index (χ1n) is 5.18. The third-order valence-electron chi connectivity index (χ3n) is 2.66. The van der Waals surface area contributed by atoms with Gasteiger partial charge in [-0.3, -0.25) is 0 Å². The van der Waals surface area contributed by atoms with E-state index in [1.165, 1.54) is 0 Å². The minimum absolute atomic E-state index is 0.594. The highest BCUT2D eigenvalue weighted by molar-refractivity contribution is 5.42. The standard InChI is InChI=1S/C14H11NO2/c15-11-14(17-16,12-7-3-1-4-8-12)13-9-5-2-6-10-13/h1-10,16H. The lowest BCUT2D eigenvalue weighted by Gasteiger charge is -2.23. The summed E-state index contributed by atoms with van der Waals surface area (Å²) in [7, 11) is 0. The lowest BCUT2D eigenvalue weighted by atomic mass is 9.88. The van der Waals surface area contributed by atoms with E-state index in [1.807, 2.05) is 18.2 Å². The maximum Gasteiger partial charge on any atom is 0.238 e. The van der Waals surface area contributed by atoms with Crippen LogP contribution < -0.4 is 0 Å². The van der Waals surface area contributed by atoms with Crippen LogP contribution in [0.4, 0.5) is 0 Å². The zero-order valence-corrected chi connectivity index (χ0v) is 9.08. The van der Waals surface area contributed by atoms with Gasteiger partial charge in [0.25, 0.3) is 0 Å². The van der Waals surface area contributed by atoms with Crippen molar-refractivity contribution in [2.45, 2.75) is 5.60 Å². The molecule has 84 valence electrons. The molecule has 0 aliphatic rings. The summed E-state index contributed by atoms with van der Waals surface area (Å²) in [5.41, 5.74) is -0.282. The number of hydrogen-bond donors (Lipinski definition) is 1. The van der Waals surface area contributed by atoms with Crippen LogP contribution in [0.5, 0.6) is 0 Å². The maximum absolute atomic E-state index is 9.35. The molecule has 2 aromatic rings. The zero-order chi connectivity index (χ0) is 12.1. The third kappa shape index (κ3) is 1.92. The van der Waals surface area contributed by atoms with E-state index < -0.39 is 5.60 Å². The number of benzene rings is 2. The van der Waals surface area contributed by atoms with Crippen molar-refractivity contribution in [1.82, 2.24) is 0 Å². The molecule has 1 N–H and O–H groups in total. The maximum atomic E-state index is 9.35. The molecule has 0 spiro atoms. The van der Waals surface area contributed by atoms with Crippen molar-refractivity contribution >= 4 is 0 Å². The predicted octanol–water partition coefficient (Wildman–Crippen LogP) is 2.94. The Bertz CT molecular complexity index is 477. The van der Waals surface area contributed by atoms with E-state index in [1.54, 1.807) is 48.5 Å². The fourth-order valence-corrected chi connectivity index (χ4v) is 1.77. The van der Waals surface area contributed by atoms with Crippen molar-refractivity contribution in [3.8, 4) is 6.07 Å². The molecule has 3 nitrogen and oxygen atoms in total. The van der Waals surface area contributed by atoms with Crippen molar-refractivity contribution < 1.29 is 10.1 Å². The van der Waals surface area contributed by atoms with E-state index >= 15 is 0 Å². The molecule has 0 amide bonds. The first-order chi connectivity index (χ1) is 8.33. The normalized spacial score (nSPS) is 10.8. The summed E-state index contributed by atoms with van der Waals surface area (Å²) in [5.74, 6) is 0. The summed E-state index contributed by atoms with van der Waals surface area (Å²) in [4.78, 5) is 4.50. The average Bonchev–Trinajstić information content (AvgIpc) is 2.43. The molecular formula is C14H11NO2. The Morgan fingerprint density at radius 3 is 1.59 bits per heavy atom. The Morgan fingerprint density at radius 1 is 0.882 bits per heavy atom. The Hall–Kier alpha value is -2.15. The van der Waals surface area contributed by atoms with Crippen LogP contribution in [0.3, 0.4) is 0 Å². The van der Waals surface area contributed by atoms with Crippen molar-refractivity contribution in [3.63, 3.8) is 0 Å². The van der Waals surface area contributed by atoms with Gasteiger partial charge >= 0.3 is 0 Å². The van der Waals surface area contributed by atoms with Gasteiger partial charge < -0.3 is 0 Å². The largest absolute Gasteiger partial charge is 0.249 e. The van der Waals surface area contributed by atoms with Crippen LogP contribution in [0.1, 0.15) is 11.1 Å². The molecule has 0 fully saturated rings. The second-order valence-corrected chi connectivity index (χ2v) is 3.62. The van der Waals surface area contributed by atoms with E-state index in [0.29, 0.717) is 11.1 Å². The number of rotatable bonds is 3. The molecule has 0 heterocycles. The van der Waals surface area contributed by atoms with Crippen LogP contribution in [-0.2, 0) is 10.5 Å². The van der Waals surface area contributed by atoms with Gasteiger partial charge in [0.1, 0.15) is 6.07 Å². The minimum Gasteiger partial charge on any atom is -0.249 e. The minimum atomic E-state index is -1.47. The van der Waals surface area contributed by atoms with Crippen LogP contribution in [0, 0.1) is 11.3 Å². The number of hydrogen-bond acceptors (Lipinski definition) is 3. The lowest BCUT2D eigenvalue weighted by Crippen LogP contribution is -2.28. The van der Waals surface area contributed by atoms with Crippen molar-refractivity contribution in [1.29, 1.82) is 5.26 Å². The Labute approximate surface area is 99.4 Å². The van der Waals surface area contributed by atoms with Gasteiger partial charge in [-0.1, -0.05) is 60.7 Å². The zero-order valence-electron chi connectivity index (χ0n) is 9.08. The summed E-state index contributed by atoms with van der Waals surface area (Å²) in [5, 5.41) is 18.5. The van der Waals surface area contributed by atoms with Crippen LogP contribution in [-0.4, -0.2) is 5.26 Å². The number of nitrogens with zero attached hydrogens (tertiary/aromatic N) is 1. The van der Waals surface area contributed by atoms with Crippen molar-refractivity contribution in [3.05, 3.63) is 71.8 Å². The molecule has 2 rings (SSSR count). The molecular weight excluding hydrogens is 214 g/mol. The quantitative estimate of drug-likeness (QED) is 0.645. The average molecular weight is 225 g/mol. The Kier molecular flexibility index (Phi) is 3.20. The number of nitriles is 1. The van der Waals surface area contributed by atoms with Gasteiger partial charge in [0, 0.05) is 11.1 Å². The van der Waals surface area contributed by atoms with E-state index in [0.717, 1.165) is 0 Å². The third-order valence-corrected chi connectivity index (χ3v) is 2.66. The van der Waals surface area contributed by atoms with Gasteiger partial charge in [-0.05, 0) is 0 Å². The molecule has 3 heteroatoms. The molecule has 0 atom stereocenters. The lowest BCUT2D eigenvalue weighted by molar-refractivity contribution is -0.297. The Balaban J connectivity index is 2.60. The first-order valence-corrected chi connectivity index (χ1v) is 5.18. The summed E-state index contributed by atoms with van der Waals surface area (Å²) >= 11 is 0. The topological polar surface area (TPSA) is 53.2 Å². The molecule has 0 aromatic heterocycles. The first kappa shape index (κ1) is 11.3. The molecule has 17 heavy (non-hydrogen) atoms. The van der Waals surface area contributed by atoms with Gasteiger partial charge in [-0.2, -0.15) is 5.26 Å². The van der Waals surface area contributed by atoms with E-state index in [4.69, 9.17) is 5.26 Å². The predicted molar refractivity (Wildman–Crippen MR) is 63.0 cm³/mol. The fourth-order valence-electron chi connectivity index (χ4n) is 1.77. The van der Waals surface area contributed by atoms with Gasteiger partial charge in [-0.25, -0.2) is 10.1 Å². The van der Waals surface area contributed by atoms with Crippen LogP contribution in [0.2, 0.25) is 0 Å². The van der Waals surface area contributed by atoms with Crippen LogP contribution in [0.25, 0.3) is 0 Å². The molecule has 0 aliphatic heterocycles. The summed E-state index contributed by atoms with van der Waals surface area (Å²) in [6.45, 7) is 0. The van der Waals surface area contributed by atoms with E-state index in [2.05, 4.69) is 4.89 Å². The van der Waals surface area contributed by atoms with Gasteiger partial charge in [0.15, 0.2) is 0 Å². The van der Waals surface area contributed by atoms with Gasteiger partial charge in [0.2, 0.25) is 5.60 Å². The van der Waals surface area contributed by atoms with Crippen molar-refractivity contribution in [2.75, 3.05) is 0 Å². The summed E-state index contributed by atoms with van der Waals surface area (Å²) in [6, 6.07) is 19.9. The monoisotopic (exact) mass is 225 g/mol. The second kappa shape index (κ2) is 4.79. The molecule has 0 aliphatic carbocycles. The smallest absolute Gasteiger partial charge is 0.238 e. The fraction of sp³-hybridized carbons (Fsp3) is 0.0714. The summed E-state index contributed by atoms with van der Waals surface area (Å²) < 4.78 is 0. The highest BCUT2D eigenvalue weighted by Crippen LogP contribution is 2.31. The highest BCUT2D eigenvalue weighted by atomic mass is 17.1. The van der Waals surface area contributed by atoms with Gasteiger partial charge in [-0.15, -0.1) is 0 Å². The van der Waals surface area contributed by atoms with Gasteiger partial charge in [0.05, 0.1) is 0 Å². The highest BCUT2D eigenvalue weighted by Gasteiger charge is 2.36. The van der Waals surface area contributed by atoms with Crippen LogP contribution in [0.15, 0.2) is 60.7 Å². The molecule has 2 aromatic carbocycles. The Morgan fingerprint density at radius 2 is 1.29 bits per heavy atom. The molecule has 0 saturated heterocycles. The second-order valence-electron chi connectivity index (χ2n) is 3.62. The molecule has 0 saturated carbocycles. The van der Waals surface area contributed by atoms with E-state index in [-0.39, 0.29) is 0 Å². The molecule has 0 radical (unpaired) electrons. The SMILES string of the molecule is N#CC(OO)(c1ccccc1)c1ccccc1. The molecule has 0 unspecified atom stereocenters. The van der Waals surface area contributed by atoms with Crippen molar-refractivity contribution in [2.24, 2.45) is 0 Å².